The first-order chi connectivity index (χ1) is 12.6. The van der Waals surface area contributed by atoms with Crippen molar-refractivity contribution in [3.8, 4) is 0 Å². The molecule has 2 rings (SSSR count). The summed E-state index contributed by atoms with van der Waals surface area (Å²) >= 11 is 0. The van der Waals surface area contributed by atoms with E-state index in [9.17, 15) is 9.90 Å². The van der Waals surface area contributed by atoms with E-state index in [4.69, 9.17) is 14.2 Å². The largest absolute Gasteiger partial charge is 0.462 e. The average Bonchev–Trinajstić information content (AvgIpc) is 2.59. The second-order valence-corrected chi connectivity index (χ2v) is 7.94. The third-order valence-electron chi connectivity index (χ3n) is 5.58. The Kier molecular flexibility index (Phi) is 9.94. The number of unbranched alkanes of at least 4 members (excludes halogenated alkanes) is 2. The van der Waals surface area contributed by atoms with E-state index < -0.39 is 0 Å². The maximum absolute atomic E-state index is 12.4. The van der Waals surface area contributed by atoms with Crippen LogP contribution < -0.4 is 0 Å². The van der Waals surface area contributed by atoms with Crippen molar-refractivity contribution >= 4 is 5.97 Å². The maximum atomic E-state index is 12.4. The molecule has 2 aliphatic heterocycles. The molecule has 0 spiro atoms. The molecule has 26 heavy (non-hydrogen) atoms. The summed E-state index contributed by atoms with van der Waals surface area (Å²) in [7, 11) is 0. The zero-order valence-corrected chi connectivity index (χ0v) is 16.7. The number of carbonyl (C=O) groups excluding carboxylic acids is 1. The highest BCUT2D eigenvalue weighted by Gasteiger charge is 2.31. The molecular weight excluding hydrogens is 332 g/mol. The predicted molar refractivity (Wildman–Crippen MR) is 101 cm³/mol. The molecule has 5 atom stereocenters. The van der Waals surface area contributed by atoms with E-state index in [0.29, 0.717) is 19.4 Å². The molecule has 0 aliphatic carbocycles. The molecule has 0 saturated carbocycles. The number of fused-ring (bicyclic) bond motifs is 2. The third kappa shape index (κ3) is 7.93. The SMILES string of the molecule is CCCCC[C@H]1CCOC(CC)CCCC2C[C@H](O)CC(CC(=O)O1)O2. The van der Waals surface area contributed by atoms with Gasteiger partial charge in [-0.25, -0.2) is 0 Å². The number of cyclic esters (lactones) is 1. The molecule has 0 aromatic carbocycles. The quantitative estimate of drug-likeness (QED) is 0.582. The highest BCUT2D eigenvalue weighted by atomic mass is 16.6. The third-order valence-corrected chi connectivity index (χ3v) is 5.58. The zero-order valence-electron chi connectivity index (χ0n) is 16.7. The van der Waals surface area contributed by atoms with Gasteiger partial charge in [0, 0.05) is 12.8 Å². The Labute approximate surface area is 158 Å². The molecule has 2 bridgehead atoms. The van der Waals surface area contributed by atoms with Gasteiger partial charge < -0.3 is 19.3 Å². The van der Waals surface area contributed by atoms with Gasteiger partial charge in [-0.05, 0) is 44.9 Å². The summed E-state index contributed by atoms with van der Waals surface area (Å²) in [6, 6.07) is 0. The van der Waals surface area contributed by atoms with Gasteiger partial charge in [0.2, 0.25) is 0 Å². The lowest BCUT2D eigenvalue weighted by Gasteiger charge is -2.33. The summed E-state index contributed by atoms with van der Waals surface area (Å²) in [5.41, 5.74) is 0. The minimum atomic E-state index is -0.377. The monoisotopic (exact) mass is 370 g/mol. The van der Waals surface area contributed by atoms with Crippen molar-refractivity contribution in [2.75, 3.05) is 6.61 Å². The van der Waals surface area contributed by atoms with Crippen LogP contribution in [0.3, 0.4) is 0 Å². The van der Waals surface area contributed by atoms with Gasteiger partial charge in [0.25, 0.3) is 0 Å². The smallest absolute Gasteiger partial charge is 0.308 e. The van der Waals surface area contributed by atoms with Crippen LogP contribution in [-0.4, -0.2) is 48.2 Å². The number of aliphatic hydroxyl groups is 1. The van der Waals surface area contributed by atoms with Crippen LogP contribution in [0, 0.1) is 0 Å². The molecule has 0 aromatic rings. The van der Waals surface area contributed by atoms with Crippen LogP contribution in [0.25, 0.3) is 0 Å². The highest BCUT2D eigenvalue weighted by Crippen LogP contribution is 2.27. The molecule has 0 aromatic heterocycles. The van der Waals surface area contributed by atoms with Crippen LogP contribution in [0.1, 0.15) is 90.9 Å². The molecule has 0 radical (unpaired) electrons. The molecule has 2 saturated heterocycles. The van der Waals surface area contributed by atoms with E-state index in [1.807, 2.05) is 0 Å². The fraction of sp³-hybridized carbons (Fsp3) is 0.952. The van der Waals surface area contributed by atoms with E-state index in [2.05, 4.69) is 13.8 Å². The van der Waals surface area contributed by atoms with Crippen molar-refractivity contribution in [2.45, 2.75) is 121 Å². The van der Waals surface area contributed by atoms with E-state index in [-0.39, 0.29) is 42.9 Å². The lowest BCUT2D eigenvalue weighted by atomic mass is 9.95. The minimum absolute atomic E-state index is 0.0392. The van der Waals surface area contributed by atoms with Gasteiger partial charge in [0.15, 0.2) is 0 Å². The lowest BCUT2D eigenvalue weighted by Crippen LogP contribution is -2.38. The molecule has 2 fully saturated rings. The summed E-state index contributed by atoms with van der Waals surface area (Å²) in [6.45, 7) is 4.99. The predicted octanol–water partition coefficient (Wildman–Crippen LogP) is 4.15. The number of hydrogen-bond donors (Lipinski definition) is 1. The Hall–Kier alpha value is -0.650. The first-order valence-electron chi connectivity index (χ1n) is 10.7. The maximum Gasteiger partial charge on any atom is 0.308 e. The van der Waals surface area contributed by atoms with Crippen LogP contribution in [0.15, 0.2) is 0 Å². The average molecular weight is 371 g/mol. The second kappa shape index (κ2) is 11.9. The van der Waals surface area contributed by atoms with Gasteiger partial charge >= 0.3 is 5.97 Å². The van der Waals surface area contributed by atoms with Crippen LogP contribution in [0.5, 0.6) is 0 Å². The molecule has 2 aliphatic rings. The van der Waals surface area contributed by atoms with E-state index in [0.717, 1.165) is 57.8 Å². The molecule has 5 nitrogen and oxygen atoms in total. The van der Waals surface area contributed by atoms with Gasteiger partial charge in [-0.1, -0.05) is 26.7 Å². The number of esters is 1. The van der Waals surface area contributed by atoms with Crippen molar-refractivity contribution in [3.63, 3.8) is 0 Å². The number of aliphatic hydroxyl groups excluding tert-OH is 1. The summed E-state index contributed by atoms with van der Waals surface area (Å²) in [5.74, 6) is -0.201. The van der Waals surface area contributed by atoms with Crippen molar-refractivity contribution < 1.29 is 24.1 Å². The molecule has 3 unspecified atom stereocenters. The Balaban J connectivity index is 1.97. The molecular formula is C21H38O5. The van der Waals surface area contributed by atoms with Gasteiger partial charge in [-0.2, -0.15) is 0 Å². The summed E-state index contributed by atoms with van der Waals surface area (Å²) < 4.78 is 17.9. The van der Waals surface area contributed by atoms with Gasteiger partial charge in [0.1, 0.15) is 6.10 Å². The topological polar surface area (TPSA) is 65.0 Å². The first kappa shape index (κ1) is 21.6. The van der Waals surface area contributed by atoms with Crippen LogP contribution in [-0.2, 0) is 19.0 Å². The standard InChI is InChI=1S/C21H38O5/c1-3-5-6-8-18-11-12-24-17(4-2)9-7-10-19-13-16(22)14-20(25-19)15-21(23)26-18/h16-20,22H,3-15H2,1-2H3/t16-,17?,18-,19?,20?/m0/s1. The van der Waals surface area contributed by atoms with Crippen molar-refractivity contribution in [2.24, 2.45) is 0 Å². The van der Waals surface area contributed by atoms with E-state index in [1.54, 1.807) is 0 Å². The van der Waals surface area contributed by atoms with Crippen LogP contribution in [0.2, 0.25) is 0 Å². The van der Waals surface area contributed by atoms with Crippen molar-refractivity contribution in [1.82, 2.24) is 0 Å². The fourth-order valence-electron chi connectivity index (χ4n) is 4.05. The second-order valence-electron chi connectivity index (χ2n) is 7.94. The fourth-order valence-corrected chi connectivity index (χ4v) is 4.05. The van der Waals surface area contributed by atoms with Gasteiger partial charge in [-0.15, -0.1) is 0 Å². The Morgan fingerprint density at radius 1 is 1.04 bits per heavy atom. The minimum Gasteiger partial charge on any atom is -0.462 e. The lowest BCUT2D eigenvalue weighted by molar-refractivity contribution is -0.160. The number of ether oxygens (including phenoxy) is 3. The zero-order chi connectivity index (χ0) is 18.8. The summed E-state index contributed by atoms with van der Waals surface area (Å²) in [5, 5.41) is 10.1. The summed E-state index contributed by atoms with van der Waals surface area (Å²) in [4.78, 5) is 12.4. The molecule has 152 valence electrons. The number of hydrogen-bond acceptors (Lipinski definition) is 5. The van der Waals surface area contributed by atoms with Crippen LogP contribution >= 0.6 is 0 Å². The molecule has 5 heteroatoms. The highest BCUT2D eigenvalue weighted by molar-refractivity contribution is 5.70. The van der Waals surface area contributed by atoms with Gasteiger partial charge in [0.05, 0.1) is 37.4 Å². The van der Waals surface area contributed by atoms with Crippen molar-refractivity contribution in [3.05, 3.63) is 0 Å². The molecule has 1 N–H and O–H groups in total. The summed E-state index contributed by atoms with van der Waals surface area (Å²) in [6.07, 6.45) is 10.1. The molecule has 0 amide bonds. The number of rotatable bonds is 5. The van der Waals surface area contributed by atoms with Crippen LogP contribution in [0.4, 0.5) is 0 Å². The molecule has 2 heterocycles. The first-order valence-corrected chi connectivity index (χ1v) is 10.7. The van der Waals surface area contributed by atoms with E-state index >= 15 is 0 Å². The Morgan fingerprint density at radius 3 is 2.62 bits per heavy atom. The Bertz CT molecular complexity index is 400. The normalized spacial score (nSPS) is 34.7. The number of carbonyl (C=O) groups is 1. The van der Waals surface area contributed by atoms with Gasteiger partial charge in [-0.3, -0.25) is 4.79 Å². The van der Waals surface area contributed by atoms with Crippen molar-refractivity contribution in [1.29, 1.82) is 0 Å². The van der Waals surface area contributed by atoms with E-state index in [1.165, 1.54) is 0 Å². The Morgan fingerprint density at radius 2 is 1.85 bits per heavy atom.